The Morgan fingerprint density at radius 3 is 2.44 bits per heavy atom. The molecule has 27 heavy (non-hydrogen) atoms. The third-order valence-electron chi connectivity index (χ3n) is 4.45. The SMILES string of the molecule is CCOC(=O)c1cc(C)n(CC(=O)NCc2ccccc2CN(C)C)c1C. The van der Waals surface area contributed by atoms with Crippen molar-refractivity contribution in [2.24, 2.45) is 0 Å². The molecule has 0 saturated heterocycles. The zero-order chi connectivity index (χ0) is 20.0. The second-order valence-corrected chi connectivity index (χ2v) is 6.87. The van der Waals surface area contributed by atoms with E-state index in [0.717, 1.165) is 23.5 Å². The molecule has 0 aliphatic rings. The molecule has 6 heteroatoms. The van der Waals surface area contributed by atoms with E-state index in [4.69, 9.17) is 4.74 Å². The zero-order valence-corrected chi connectivity index (χ0v) is 16.8. The average molecular weight is 371 g/mol. The molecule has 1 heterocycles. The summed E-state index contributed by atoms with van der Waals surface area (Å²) >= 11 is 0. The van der Waals surface area contributed by atoms with Gasteiger partial charge in [0, 0.05) is 24.5 Å². The van der Waals surface area contributed by atoms with Crippen molar-refractivity contribution in [1.82, 2.24) is 14.8 Å². The average Bonchev–Trinajstić information content (AvgIpc) is 2.89. The van der Waals surface area contributed by atoms with Crippen LogP contribution in [0.1, 0.15) is 39.8 Å². The van der Waals surface area contributed by atoms with Gasteiger partial charge in [-0.1, -0.05) is 24.3 Å². The molecule has 1 aromatic carbocycles. The quantitative estimate of drug-likeness (QED) is 0.725. The summed E-state index contributed by atoms with van der Waals surface area (Å²) in [7, 11) is 4.04. The first kappa shape index (κ1) is 20.7. The highest BCUT2D eigenvalue weighted by atomic mass is 16.5. The normalized spacial score (nSPS) is 10.9. The largest absolute Gasteiger partial charge is 0.462 e. The van der Waals surface area contributed by atoms with Gasteiger partial charge in [-0.25, -0.2) is 4.79 Å². The Kier molecular flexibility index (Phi) is 7.19. The van der Waals surface area contributed by atoms with Crippen LogP contribution in [0.2, 0.25) is 0 Å². The van der Waals surface area contributed by atoms with E-state index >= 15 is 0 Å². The smallest absolute Gasteiger partial charge is 0.339 e. The van der Waals surface area contributed by atoms with Crippen LogP contribution in [-0.4, -0.2) is 42.0 Å². The third-order valence-corrected chi connectivity index (χ3v) is 4.45. The maximum Gasteiger partial charge on any atom is 0.339 e. The van der Waals surface area contributed by atoms with Gasteiger partial charge in [0.2, 0.25) is 5.91 Å². The van der Waals surface area contributed by atoms with E-state index in [1.54, 1.807) is 13.0 Å². The molecule has 0 spiro atoms. The lowest BCUT2D eigenvalue weighted by molar-refractivity contribution is -0.121. The molecule has 0 aliphatic heterocycles. The Hall–Kier alpha value is -2.60. The Morgan fingerprint density at radius 1 is 1.15 bits per heavy atom. The van der Waals surface area contributed by atoms with Gasteiger partial charge in [0.25, 0.3) is 0 Å². The molecular formula is C21H29N3O3. The molecular weight excluding hydrogens is 342 g/mol. The number of carbonyl (C=O) groups is 2. The van der Waals surface area contributed by atoms with E-state index in [-0.39, 0.29) is 18.4 Å². The number of rotatable bonds is 8. The number of aromatic nitrogens is 1. The van der Waals surface area contributed by atoms with E-state index in [2.05, 4.69) is 16.3 Å². The Balaban J connectivity index is 2.04. The molecule has 1 amide bonds. The number of hydrogen-bond acceptors (Lipinski definition) is 4. The highest BCUT2D eigenvalue weighted by Gasteiger charge is 2.18. The van der Waals surface area contributed by atoms with Gasteiger partial charge in [-0.3, -0.25) is 4.79 Å². The van der Waals surface area contributed by atoms with E-state index in [1.807, 2.05) is 50.7 Å². The van der Waals surface area contributed by atoms with Crippen molar-refractivity contribution in [3.63, 3.8) is 0 Å². The number of ether oxygens (including phenoxy) is 1. The summed E-state index contributed by atoms with van der Waals surface area (Å²) in [4.78, 5) is 26.6. The lowest BCUT2D eigenvalue weighted by atomic mass is 10.1. The number of nitrogens with zero attached hydrogens (tertiary/aromatic N) is 2. The summed E-state index contributed by atoms with van der Waals surface area (Å²) in [5, 5.41) is 2.98. The van der Waals surface area contributed by atoms with Crippen molar-refractivity contribution >= 4 is 11.9 Å². The minimum atomic E-state index is -0.352. The molecule has 0 fully saturated rings. The standard InChI is InChI=1S/C21H29N3O3/c1-6-27-21(26)19-11-15(2)24(16(19)3)14-20(25)22-12-17-9-7-8-10-18(17)13-23(4)5/h7-11H,6,12-14H2,1-5H3,(H,22,25). The number of esters is 1. The van der Waals surface area contributed by atoms with Crippen LogP contribution >= 0.6 is 0 Å². The Labute approximate surface area is 161 Å². The Morgan fingerprint density at radius 2 is 1.81 bits per heavy atom. The van der Waals surface area contributed by atoms with E-state index < -0.39 is 0 Å². The van der Waals surface area contributed by atoms with Crippen LogP contribution in [0.15, 0.2) is 30.3 Å². The van der Waals surface area contributed by atoms with Gasteiger partial charge in [-0.15, -0.1) is 0 Å². The number of aryl methyl sites for hydroxylation is 1. The summed E-state index contributed by atoms with van der Waals surface area (Å²) in [6.07, 6.45) is 0. The molecule has 1 aromatic heterocycles. The van der Waals surface area contributed by atoms with E-state index in [0.29, 0.717) is 18.7 Å². The molecule has 6 nitrogen and oxygen atoms in total. The topological polar surface area (TPSA) is 63.6 Å². The van der Waals surface area contributed by atoms with Crippen molar-refractivity contribution in [2.45, 2.75) is 40.4 Å². The maximum absolute atomic E-state index is 12.5. The molecule has 146 valence electrons. The van der Waals surface area contributed by atoms with Gasteiger partial charge >= 0.3 is 5.97 Å². The van der Waals surface area contributed by atoms with Gasteiger partial charge in [0.05, 0.1) is 12.2 Å². The lowest BCUT2D eigenvalue weighted by Gasteiger charge is -2.15. The van der Waals surface area contributed by atoms with Gasteiger partial charge < -0.3 is 19.5 Å². The lowest BCUT2D eigenvalue weighted by Crippen LogP contribution is -2.28. The fourth-order valence-corrected chi connectivity index (χ4v) is 3.08. The molecule has 0 bridgehead atoms. The van der Waals surface area contributed by atoms with Crippen LogP contribution in [0.5, 0.6) is 0 Å². The van der Waals surface area contributed by atoms with E-state index in [9.17, 15) is 9.59 Å². The maximum atomic E-state index is 12.5. The predicted octanol–water partition coefficient (Wildman–Crippen LogP) is 2.66. The summed E-state index contributed by atoms with van der Waals surface area (Å²) < 4.78 is 6.92. The zero-order valence-electron chi connectivity index (χ0n) is 16.8. The van der Waals surface area contributed by atoms with Crippen molar-refractivity contribution in [2.75, 3.05) is 20.7 Å². The summed E-state index contributed by atoms with van der Waals surface area (Å²) in [6, 6.07) is 9.87. The van der Waals surface area contributed by atoms with Gasteiger partial charge in [0.15, 0.2) is 0 Å². The molecule has 0 saturated carbocycles. The van der Waals surface area contributed by atoms with Crippen molar-refractivity contribution in [3.05, 3.63) is 58.4 Å². The number of amides is 1. The molecule has 0 unspecified atom stereocenters. The van der Waals surface area contributed by atoms with E-state index in [1.165, 1.54) is 5.56 Å². The van der Waals surface area contributed by atoms with Crippen LogP contribution in [0.25, 0.3) is 0 Å². The number of nitrogens with one attached hydrogen (secondary N) is 1. The fraction of sp³-hybridized carbons (Fsp3) is 0.429. The summed E-state index contributed by atoms with van der Waals surface area (Å²) in [5.41, 5.74) is 4.42. The van der Waals surface area contributed by atoms with Crippen LogP contribution in [0.4, 0.5) is 0 Å². The van der Waals surface area contributed by atoms with Crippen LogP contribution < -0.4 is 5.32 Å². The van der Waals surface area contributed by atoms with Crippen molar-refractivity contribution in [1.29, 1.82) is 0 Å². The van der Waals surface area contributed by atoms with Gasteiger partial charge in [-0.05, 0) is 52.1 Å². The van der Waals surface area contributed by atoms with Crippen LogP contribution in [0, 0.1) is 13.8 Å². The molecule has 0 aliphatic carbocycles. The number of hydrogen-bond donors (Lipinski definition) is 1. The highest BCUT2D eigenvalue weighted by Crippen LogP contribution is 2.16. The second kappa shape index (κ2) is 9.37. The summed E-state index contributed by atoms with van der Waals surface area (Å²) in [6.45, 7) is 7.30. The highest BCUT2D eigenvalue weighted by molar-refractivity contribution is 5.91. The first-order valence-electron chi connectivity index (χ1n) is 9.15. The predicted molar refractivity (Wildman–Crippen MR) is 106 cm³/mol. The molecule has 0 radical (unpaired) electrons. The van der Waals surface area contributed by atoms with Crippen molar-refractivity contribution in [3.8, 4) is 0 Å². The minimum Gasteiger partial charge on any atom is -0.462 e. The molecule has 2 aromatic rings. The van der Waals surface area contributed by atoms with Gasteiger partial charge in [0.1, 0.15) is 6.54 Å². The number of carbonyl (C=O) groups excluding carboxylic acids is 2. The molecule has 1 N–H and O–H groups in total. The van der Waals surface area contributed by atoms with Gasteiger partial charge in [-0.2, -0.15) is 0 Å². The number of benzene rings is 1. The molecule has 0 atom stereocenters. The second-order valence-electron chi connectivity index (χ2n) is 6.87. The monoisotopic (exact) mass is 371 g/mol. The third kappa shape index (κ3) is 5.44. The minimum absolute atomic E-state index is 0.0909. The summed E-state index contributed by atoms with van der Waals surface area (Å²) in [5.74, 6) is -0.443. The first-order chi connectivity index (χ1) is 12.8. The fourth-order valence-electron chi connectivity index (χ4n) is 3.08. The molecule has 2 rings (SSSR count). The first-order valence-corrected chi connectivity index (χ1v) is 9.15. The van der Waals surface area contributed by atoms with Crippen LogP contribution in [-0.2, 0) is 29.2 Å². The van der Waals surface area contributed by atoms with Crippen LogP contribution in [0.3, 0.4) is 0 Å². The van der Waals surface area contributed by atoms with Crippen molar-refractivity contribution < 1.29 is 14.3 Å². The Bertz CT molecular complexity index is 809.